The molecular weight excluding hydrogens is 262 g/mol. The number of nitrogens with zero attached hydrogens (tertiary/aromatic N) is 1. The highest BCUT2D eigenvalue weighted by molar-refractivity contribution is 8.00. The lowest BCUT2D eigenvalue weighted by atomic mass is 10.2. The van der Waals surface area contributed by atoms with Gasteiger partial charge in [-0.2, -0.15) is 11.8 Å². The van der Waals surface area contributed by atoms with Crippen LogP contribution >= 0.6 is 11.8 Å². The van der Waals surface area contributed by atoms with E-state index in [1.54, 1.807) is 6.07 Å². The average molecular weight is 279 g/mol. The van der Waals surface area contributed by atoms with E-state index < -0.39 is 5.76 Å². The summed E-state index contributed by atoms with van der Waals surface area (Å²) < 4.78 is 5.02. The number of fused-ring (bicyclic) bond motifs is 1. The first kappa shape index (κ1) is 12.5. The molecule has 6 heteroatoms. The van der Waals surface area contributed by atoms with Gasteiger partial charge in [-0.05, 0) is 6.07 Å². The van der Waals surface area contributed by atoms with Crippen LogP contribution in [0.5, 0.6) is 0 Å². The first-order valence-electron chi connectivity index (χ1n) is 6.35. The van der Waals surface area contributed by atoms with Crippen LogP contribution < -0.4 is 16.4 Å². The Morgan fingerprint density at radius 3 is 2.74 bits per heavy atom. The Morgan fingerprint density at radius 2 is 2.05 bits per heavy atom. The maximum absolute atomic E-state index is 11.2. The van der Waals surface area contributed by atoms with Gasteiger partial charge in [0.15, 0.2) is 5.58 Å². The van der Waals surface area contributed by atoms with Crippen molar-refractivity contribution in [2.24, 2.45) is 0 Å². The van der Waals surface area contributed by atoms with Crippen LogP contribution in [0.2, 0.25) is 0 Å². The van der Waals surface area contributed by atoms with Gasteiger partial charge in [-0.25, -0.2) is 4.79 Å². The highest BCUT2D eigenvalue weighted by Crippen LogP contribution is 2.33. The first-order valence-corrected chi connectivity index (χ1v) is 7.30. The zero-order valence-corrected chi connectivity index (χ0v) is 11.8. The molecule has 1 aliphatic heterocycles. The third-order valence-electron chi connectivity index (χ3n) is 3.33. The molecule has 2 aromatic rings. The fourth-order valence-corrected chi connectivity index (χ4v) is 3.98. The van der Waals surface area contributed by atoms with Gasteiger partial charge >= 0.3 is 5.76 Å². The predicted octanol–water partition coefficient (Wildman–Crippen LogP) is 2.03. The predicted molar refractivity (Wildman–Crippen MR) is 80.0 cm³/mol. The molecule has 0 saturated carbocycles. The van der Waals surface area contributed by atoms with E-state index in [4.69, 9.17) is 10.2 Å². The third-order valence-corrected chi connectivity index (χ3v) is 4.56. The van der Waals surface area contributed by atoms with E-state index in [1.165, 1.54) is 0 Å². The van der Waals surface area contributed by atoms with Crippen molar-refractivity contribution in [1.29, 1.82) is 0 Å². The van der Waals surface area contributed by atoms with Gasteiger partial charge in [0.2, 0.25) is 0 Å². The third kappa shape index (κ3) is 2.32. The minimum atomic E-state index is -0.442. The Hall–Kier alpha value is -1.56. The Bertz CT molecular complexity index is 653. The molecule has 0 radical (unpaired) electrons. The van der Waals surface area contributed by atoms with Gasteiger partial charge in [0.25, 0.3) is 0 Å². The van der Waals surface area contributed by atoms with Crippen LogP contribution in [0.1, 0.15) is 13.8 Å². The SMILES string of the molecule is CC1CN(c2cc3[nH]c(=O)oc3cc2N)CC(C)S1. The van der Waals surface area contributed by atoms with Gasteiger partial charge in [0, 0.05) is 29.7 Å². The zero-order valence-electron chi connectivity index (χ0n) is 11.0. The standard InChI is InChI=1S/C13H17N3O2S/c1-7-5-16(6-8(2)19-7)11-4-10-12(3-9(11)14)18-13(17)15-10/h3-4,7-8H,5-6,14H2,1-2H3,(H,15,17). The van der Waals surface area contributed by atoms with Gasteiger partial charge in [0.05, 0.1) is 16.9 Å². The molecule has 1 saturated heterocycles. The molecule has 1 aromatic carbocycles. The van der Waals surface area contributed by atoms with Crippen molar-refractivity contribution in [3.63, 3.8) is 0 Å². The summed E-state index contributed by atoms with van der Waals surface area (Å²) in [6, 6.07) is 3.63. The Balaban J connectivity index is 2.03. The van der Waals surface area contributed by atoms with E-state index >= 15 is 0 Å². The van der Waals surface area contributed by atoms with Crippen molar-refractivity contribution in [3.8, 4) is 0 Å². The van der Waals surface area contributed by atoms with Crippen LogP contribution in [0.15, 0.2) is 21.3 Å². The van der Waals surface area contributed by atoms with Crippen molar-refractivity contribution in [2.45, 2.75) is 24.3 Å². The molecule has 2 atom stereocenters. The quantitative estimate of drug-likeness (QED) is 0.781. The average Bonchev–Trinajstić information content (AvgIpc) is 2.65. The van der Waals surface area contributed by atoms with Gasteiger partial charge in [-0.15, -0.1) is 0 Å². The minimum Gasteiger partial charge on any atom is -0.408 e. The Kier molecular flexibility index (Phi) is 2.97. The number of hydrogen-bond acceptors (Lipinski definition) is 5. The summed E-state index contributed by atoms with van der Waals surface area (Å²) in [7, 11) is 0. The normalized spacial score (nSPS) is 24.0. The summed E-state index contributed by atoms with van der Waals surface area (Å²) in [5.74, 6) is -0.442. The molecule has 0 bridgehead atoms. The Labute approximate surface area is 115 Å². The molecule has 5 nitrogen and oxygen atoms in total. The number of nitrogens with two attached hydrogens (primary N) is 1. The molecule has 1 fully saturated rings. The maximum Gasteiger partial charge on any atom is 0.417 e. The van der Waals surface area contributed by atoms with E-state index in [2.05, 4.69) is 23.7 Å². The number of anilines is 2. The number of aromatic amines is 1. The van der Waals surface area contributed by atoms with Crippen molar-refractivity contribution in [1.82, 2.24) is 4.98 Å². The first-order chi connectivity index (χ1) is 9.02. The lowest BCUT2D eigenvalue weighted by Crippen LogP contribution is -2.40. The molecule has 2 heterocycles. The number of hydrogen-bond donors (Lipinski definition) is 2. The number of aromatic nitrogens is 1. The van der Waals surface area contributed by atoms with Crippen LogP contribution in [-0.4, -0.2) is 28.6 Å². The van der Waals surface area contributed by atoms with Crippen molar-refractivity contribution in [2.75, 3.05) is 23.7 Å². The summed E-state index contributed by atoms with van der Waals surface area (Å²) in [6.45, 7) is 6.38. The van der Waals surface area contributed by atoms with Crippen molar-refractivity contribution < 1.29 is 4.42 Å². The minimum absolute atomic E-state index is 0.442. The number of oxazole rings is 1. The van der Waals surface area contributed by atoms with Gasteiger partial charge in [-0.1, -0.05) is 13.8 Å². The van der Waals surface area contributed by atoms with Crippen LogP contribution in [0, 0.1) is 0 Å². The molecule has 0 spiro atoms. The maximum atomic E-state index is 11.2. The lowest BCUT2D eigenvalue weighted by molar-refractivity contribution is 0.555. The summed E-state index contributed by atoms with van der Waals surface area (Å²) in [4.78, 5) is 16.2. The molecule has 1 aliphatic rings. The second-order valence-electron chi connectivity index (χ2n) is 5.08. The number of H-pyrrole nitrogens is 1. The fraction of sp³-hybridized carbons (Fsp3) is 0.462. The van der Waals surface area contributed by atoms with E-state index in [0.29, 0.717) is 27.3 Å². The summed E-state index contributed by atoms with van der Waals surface area (Å²) >= 11 is 1.99. The van der Waals surface area contributed by atoms with Gasteiger partial charge in [0.1, 0.15) is 0 Å². The van der Waals surface area contributed by atoms with Gasteiger partial charge in [-0.3, -0.25) is 4.98 Å². The Morgan fingerprint density at radius 1 is 1.37 bits per heavy atom. The van der Waals surface area contributed by atoms with E-state index in [0.717, 1.165) is 18.8 Å². The number of benzene rings is 1. The smallest absolute Gasteiger partial charge is 0.408 e. The monoisotopic (exact) mass is 279 g/mol. The van der Waals surface area contributed by atoms with Crippen LogP contribution in [-0.2, 0) is 0 Å². The second-order valence-corrected chi connectivity index (χ2v) is 6.97. The van der Waals surface area contributed by atoms with E-state index in [9.17, 15) is 4.79 Å². The molecule has 2 unspecified atom stereocenters. The topological polar surface area (TPSA) is 75.3 Å². The molecule has 19 heavy (non-hydrogen) atoms. The number of nitrogen functional groups attached to an aromatic ring is 1. The highest BCUT2D eigenvalue weighted by atomic mass is 32.2. The largest absolute Gasteiger partial charge is 0.417 e. The molecule has 3 N–H and O–H groups in total. The second kappa shape index (κ2) is 4.52. The number of nitrogens with one attached hydrogen (secondary N) is 1. The lowest BCUT2D eigenvalue weighted by Gasteiger charge is -2.36. The molecule has 0 amide bonds. The van der Waals surface area contributed by atoms with Crippen molar-refractivity contribution >= 4 is 34.2 Å². The van der Waals surface area contributed by atoms with E-state index in [-0.39, 0.29) is 0 Å². The fourth-order valence-electron chi connectivity index (χ4n) is 2.65. The number of thioether (sulfide) groups is 1. The molecule has 102 valence electrons. The number of rotatable bonds is 1. The van der Waals surface area contributed by atoms with Crippen LogP contribution in [0.3, 0.4) is 0 Å². The van der Waals surface area contributed by atoms with Crippen LogP contribution in [0.25, 0.3) is 11.1 Å². The molecule has 1 aromatic heterocycles. The molecule has 0 aliphatic carbocycles. The molecular formula is C13H17N3O2S. The van der Waals surface area contributed by atoms with Crippen molar-refractivity contribution in [3.05, 3.63) is 22.7 Å². The summed E-state index contributed by atoms with van der Waals surface area (Å²) in [5, 5.41) is 1.14. The highest BCUT2D eigenvalue weighted by Gasteiger charge is 2.24. The zero-order chi connectivity index (χ0) is 13.6. The van der Waals surface area contributed by atoms with E-state index in [1.807, 2.05) is 17.8 Å². The molecule has 3 rings (SSSR count). The summed E-state index contributed by atoms with van der Waals surface area (Å²) in [6.07, 6.45) is 0. The summed E-state index contributed by atoms with van der Waals surface area (Å²) in [5.41, 5.74) is 8.94. The van der Waals surface area contributed by atoms with Gasteiger partial charge < -0.3 is 15.1 Å². The van der Waals surface area contributed by atoms with Crippen LogP contribution in [0.4, 0.5) is 11.4 Å².